The highest BCUT2D eigenvalue weighted by Gasteiger charge is 2.23. The zero-order valence-electron chi connectivity index (χ0n) is 20.9. The Bertz CT molecular complexity index is 1100. The fraction of sp³-hybridized carbons (Fsp3) is 0.455. The number of hydrogen-bond acceptors (Lipinski definition) is 0. The predicted octanol–water partition coefficient (Wildman–Crippen LogP) is 9.07. The largest absolute Gasteiger partial charge is 0.0769 e. The number of fused-ring (bicyclic) bond motifs is 1. The fourth-order valence-electron chi connectivity index (χ4n) is 6.43. The van der Waals surface area contributed by atoms with Crippen LogP contribution in [0.5, 0.6) is 0 Å². The molecule has 5 rings (SSSR count). The van der Waals surface area contributed by atoms with Gasteiger partial charge in [-0.15, -0.1) is 0 Å². The van der Waals surface area contributed by atoms with Gasteiger partial charge in [0.05, 0.1) is 0 Å². The zero-order chi connectivity index (χ0) is 22.8. The van der Waals surface area contributed by atoms with Crippen molar-refractivity contribution in [2.75, 3.05) is 0 Å². The van der Waals surface area contributed by atoms with Crippen LogP contribution in [0.15, 0.2) is 65.3 Å². The molecule has 0 aliphatic heterocycles. The molecule has 3 aliphatic carbocycles. The van der Waals surface area contributed by atoms with Crippen LogP contribution < -0.4 is 0 Å². The lowest BCUT2D eigenvalue weighted by Gasteiger charge is -2.21. The van der Waals surface area contributed by atoms with Crippen molar-refractivity contribution in [3.63, 3.8) is 0 Å². The van der Waals surface area contributed by atoms with Crippen molar-refractivity contribution in [3.8, 4) is 0 Å². The molecule has 0 heterocycles. The minimum atomic E-state index is 0.555. The van der Waals surface area contributed by atoms with Gasteiger partial charge in [-0.1, -0.05) is 106 Å². The highest BCUT2D eigenvalue weighted by Crippen LogP contribution is 2.40. The molecule has 0 bridgehead atoms. The molecular weight excluding hydrogens is 396 g/mol. The first kappa shape index (κ1) is 22.5. The lowest BCUT2D eigenvalue weighted by atomic mass is 9.84. The first-order valence-corrected chi connectivity index (χ1v) is 13.4. The first-order valence-electron chi connectivity index (χ1n) is 13.4. The van der Waals surface area contributed by atoms with Crippen LogP contribution in [0.1, 0.15) is 98.1 Å². The van der Waals surface area contributed by atoms with Gasteiger partial charge in [0.2, 0.25) is 0 Å². The van der Waals surface area contributed by atoms with E-state index in [1.54, 1.807) is 16.7 Å². The van der Waals surface area contributed by atoms with E-state index in [4.69, 9.17) is 0 Å². The molecule has 1 fully saturated rings. The Morgan fingerprint density at radius 3 is 2.64 bits per heavy atom. The Hall–Kier alpha value is -2.34. The average molecular weight is 437 g/mol. The summed E-state index contributed by atoms with van der Waals surface area (Å²) in [6, 6.07) is 14.3. The third-order valence-electron chi connectivity index (χ3n) is 8.29. The maximum atomic E-state index is 2.50. The van der Waals surface area contributed by atoms with Crippen LogP contribution in [-0.4, -0.2) is 0 Å². The molecule has 2 aromatic rings. The minimum Gasteiger partial charge on any atom is -0.0769 e. The summed E-state index contributed by atoms with van der Waals surface area (Å²) in [5, 5.41) is 0. The molecule has 1 saturated carbocycles. The van der Waals surface area contributed by atoms with Gasteiger partial charge in [-0.25, -0.2) is 0 Å². The molecular formula is C33H40. The first-order chi connectivity index (χ1) is 16.1. The molecule has 1 atom stereocenters. The molecule has 0 amide bonds. The third-order valence-corrected chi connectivity index (χ3v) is 8.29. The molecule has 0 N–H and O–H groups in total. The summed E-state index contributed by atoms with van der Waals surface area (Å²) >= 11 is 0. The molecule has 0 heteroatoms. The number of rotatable bonds is 7. The number of hydrogen-bond donors (Lipinski definition) is 0. The van der Waals surface area contributed by atoms with E-state index in [2.05, 4.69) is 75.4 Å². The summed E-state index contributed by atoms with van der Waals surface area (Å²) in [4.78, 5) is 0. The molecule has 2 aromatic carbocycles. The smallest absolute Gasteiger partial charge is 0.00137 e. The molecule has 172 valence electrons. The van der Waals surface area contributed by atoms with Gasteiger partial charge in [0.1, 0.15) is 0 Å². The van der Waals surface area contributed by atoms with Crippen molar-refractivity contribution in [2.45, 2.75) is 90.9 Å². The average Bonchev–Trinajstić information content (AvgIpc) is 3.46. The zero-order valence-corrected chi connectivity index (χ0v) is 20.9. The Kier molecular flexibility index (Phi) is 6.72. The lowest BCUT2D eigenvalue weighted by molar-refractivity contribution is 0.356. The normalized spacial score (nSPS) is 19.2. The highest BCUT2D eigenvalue weighted by atomic mass is 14.3. The van der Waals surface area contributed by atoms with E-state index in [1.165, 1.54) is 71.9 Å². The standard InChI is InChI=1S/C33H40/c1-4-27-15-13-23(2)17-33(27)24(3)18-29-11-8-12-32(29)31-21-28-16-14-26(20-30(28)22-31)19-25-9-6-5-7-10-25/h11-17,20,22,24-25H,4-10,18-19,21H2,1-3H3. The lowest BCUT2D eigenvalue weighted by Crippen LogP contribution is -2.09. The molecule has 0 nitrogen and oxygen atoms in total. The SMILES string of the molecule is CCc1ccc(C)cc1C(C)CC1=CCC=C1C1=Cc2cc(CC3CCCCC3)ccc2C1. The van der Waals surface area contributed by atoms with Crippen LogP contribution in [0.2, 0.25) is 0 Å². The van der Waals surface area contributed by atoms with Crippen molar-refractivity contribution < 1.29 is 0 Å². The van der Waals surface area contributed by atoms with Gasteiger partial charge in [-0.3, -0.25) is 0 Å². The number of aryl methyl sites for hydroxylation is 2. The van der Waals surface area contributed by atoms with Crippen LogP contribution in [0.25, 0.3) is 6.08 Å². The number of allylic oxidation sites excluding steroid dienone is 5. The van der Waals surface area contributed by atoms with E-state index < -0.39 is 0 Å². The second-order valence-electron chi connectivity index (χ2n) is 10.8. The van der Waals surface area contributed by atoms with Crippen LogP contribution in [-0.2, 0) is 19.3 Å². The van der Waals surface area contributed by atoms with E-state index in [0.717, 1.165) is 31.6 Å². The van der Waals surface area contributed by atoms with Crippen LogP contribution in [0, 0.1) is 12.8 Å². The van der Waals surface area contributed by atoms with Crippen molar-refractivity contribution >= 4 is 6.08 Å². The second kappa shape index (κ2) is 9.88. The fourth-order valence-corrected chi connectivity index (χ4v) is 6.43. The van der Waals surface area contributed by atoms with Gasteiger partial charge in [0.25, 0.3) is 0 Å². The molecule has 3 aliphatic rings. The van der Waals surface area contributed by atoms with Crippen LogP contribution >= 0.6 is 0 Å². The highest BCUT2D eigenvalue weighted by molar-refractivity contribution is 5.72. The van der Waals surface area contributed by atoms with Crippen molar-refractivity contribution in [1.82, 2.24) is 0 Å². The minimum absolute atomic E-state index is 0.555. The maximum Gasteiger partial charge on any atom is -0.00137 e. The Morgan fingerprint density at radius 2 is 1.82 bits per heavy atom. The monoisotopic (exact) mass is 436 g/mol. The predicted molar refractivity (Wildman–Crippen MR) is 143 cm³/mol. The molecule has 33 heavy (non-hydrogen) atoms. The molecule has 1 unspecified atom stereocenters. The van der Waals surface area contributed by atoms with E-state index in [0.29, 0.717) is 5.92 Å². The third kappa shape index (κ3) is 4.96. The van der Waals surface area contributed by atoms with Gasteiger partial charge < -0.3 is 0 Å². The second-order valence-corrected chi connectivity index (χ2v) is 10.8. The van der Waals surface area contributed by atoms with Gasteiger partial charge in [-0.05, 0) is 95.4 Å². The summed E-state index contributed by atoms with van der Waals surface area (Å²) < 4.78 is 0. The summed E-state index contributed by atoms with van der Waals surface area (Å²) in [5.74, 6) is 1.46. The molecule has 0 spiro atoms. The van der Waals surface area contributed by atoms with Crippen LogP contribution in [0.3, 0.4) is 0 Å². The quantitative estimate of drug-likeness (QED) is 0.406. The molecule has 0 radical (unpaired) electrons. The van der Waals surface area contributed by atoms with Crippen molar-refractivity contribution in [3.05, 3.63) is 98.7 Å². The van der Waals surface area contributed by atoms with Gasteiger partial charge >= 0.3 is 0 Å². The summed E-state index contributed by atoms with van der Waals surface area (Å²) in [5.41, 5.74) is 13.6. The molecule has 0 aromatic heterocycles. The Morgan fingerprint density at radius 1 is 0.970 bits per heavy atom. The summed E-state index contributed by atoms with van der Waals surface area (Å²) in [6.45, 7) is 6.92. The van der Waals surface area contributed by atoms with Gasteiger partial charge in [0, 0.05) is 0 Å². The topological polar surface area (TPSA) is 0 Å². The van der Waals surface area contributed by atoms with Gasteiger partial charge in [-0.2, -0.15) is 0 Å². The molecule has 0 saturated heterocycles. The van der Waals surface area contributed by atoms with Crippen LogP contribution in [0.4, 0.5) is 0 Å². The van der Waals surface area contributed by atoms with E-state index in [1.807, 2.05) is 0 Å². The Labute approximate surface area is 201 Å². The maximum absolute atomic E-state index is 2.50. The van der Waals surface area contributed by atoms with E-state index >= 15 is 0 Å². The van der Waals surface area contributed by atoms with E-state index in [9.17, 15) is 0 Å². The van der Waals surface area contributed by atoms with Crippen molar-refractivity contribution in [2.24, 2.45) is 5.92 Å². The summed E-state index contributed by atoms with van der Waals surface area (Å²) in [6.07, 6.45) is 20.3. The summed E-state index contributed by atoms with van der Waals surface area (Å²) in [7, 11) is 0. The van der Waals surface area contributed by atoms with E-state index in [-0.39, 0.29) is 0 Å². The van der Waals surface area contributed by atoms with Crippen molar-refractivity contribution in [1.29, 1.82) is 0 Å². The Balaban J connectivity index is 1.30. The van der Waals surface area contributed by atoms with Gasteiger partial charge in [0.15, 0.2) is 0 Å². The number of benzene rings is 2.